The molecule has 1 aromatic heterocycles. The first-order valence-corrected chi connectivity index (χ1v) is 13.8. The van der Waals surface area contributed by atoms with Gasteiger partial charge in [-0.15, -0.1) is 18.6 Å². The first kappa shape index (κ1) is 27.4. The maximum atomic E-state index is 12.5. The summed E-state index contributed by atoms with van der Waals surface area (Å²) in [5.41, 5.74) is 7.53. The molecule has 12 heteroatoms. The number of para-hydroxylation sites is 1. The van der Waals surface area contributed by atoms with Crippen molar-refractivity contribution >= 4 is 68.4 Å². The van der Waals surface area contributed by atoms with Gasteiger partial charge in [-0.05, 0) is 83.7 Å². The van der Waals surface area contributed by atoms with Crippen molar-refractivity contribution < 1.29 is 27.1 Å². The molecule has 5 aromatic rings. The highest BCUT2D eigenvalue weighted by molar-refractivity contribution is 7.90. The molecule has 1 heterocycles. The van der Waals surface area contributed by atoms with Gasteiger partial charge in [-0.3, -0.25) is 4.57 Å². The highest BCUT2D eigenvalue weighted by atomic mass is 32.2. The number of ether oxygens (including phenoxy) is 1. The van der Waals surface area contributed by atoms with Crippen LogP contribution in [-0.4, -0.2) is 43.2 Å². The van der Waals surface area contributed by atoms with Crippen molar-refractivity contribution in [3.8, 4) is 11.4 Å². The van der Waals surface area contributed by atoms with Gasteiger partial charge in [-0.25, -0.2) is 4.98 Å². The molecule has 0 saturated carbocycles. The number of hydrogen-bond donors (Lipinski definition) is 2. The van der Waals surface area contributed by atoms with Gasteiger partial charge in [0.05, 0.1) is 16.7 Å². The van der Waals surface area contributed by atoms with Gasteiger partial charge in [0, 0.05) is 23.2 Å². The van der Waals surface area contributed by atoms with Crippen molar-refractivity contribution in [2.24, 2.45) is 0 Å². The minimum Gasteiger partial charge on any atom is -0.612 e. The van der Waals surface area contributed by atoms with Crippen molar-refractivity contribution in [3.63, 3.8) is 0 Å². The minimum absolute atomic E-state index is 0.289. The Hall–Kier alpha value is -4.13. The molecule has 2 N–H and O–H groups in total. The molecule has 7 nitrogen and oxygen atoms in total. The van der Waals surface area contributed by atoms with Crippen LogP contribution >= 0.6 is 12.2 Å². The van der Waals surface area contributed by atoms with Crippen molar-refractivity contribution in [3.05, 3.63) is 84.7 Å². The number of aromatic nitrogens is 2. The van der Waals surface area contributed by atoms with Crippen LogP contribution in [0.15, 0.2) is 84.0 Å². The summed E-state index contributed by atoms with van der Waals surface area (Å²) in [7, 11) is 0. The fraction of sp³-hybridized carbons (Fsp3) is 0.107. The minimum atomic E-state index is -4.75. The summed E-state index contributed by atoms with van der Waals surface area (Å²) >= 11 is 4.29. The van der Waals surface area contributed by atoms with Crippen LogP contribution in [0.5, 0.6) is 5.75 Å². The lowest BCUT2D eigenvalue weighted by atomic mass is 10.1. The van der Waals surface area contributed by atoms with Gasteiger partial charge in [0.2, 0.25) is 10.8 Å². The number of hydrazone groups is 1. The van der Waals surface area contributed by atoms with E-state index in [2.05, 4.69) is 27.2 Å². The van der Waals surface area contributed by atoms with Crippen LogP contribution in [0.25, 0.3) is 27.5 Å². The molecule has 40 heavy (non-hydrogen) atoms. The second-order valence-corrected chi connectivity index (χ2v) is 10.6. The summed E-state index contributed by atoms with van der Waals surface area (Å²) in [6.45, 7) is 5.96. The lowest BCUT2D eigenvalue weighted by Crippen LogP contribution is -2.35. The monoisotopic (exact) mass is 582 g/mol. The number of aryl methyl sites for hydroxylation is 1. The smallest absolute Gasteiger partial charge is 0.573 e. The molecule has 5 rings (SSSR count). The Morgan fingerprint density at radius 1 is 1.10 bits per heavy atom. The molecule has 0 radical (unpaired) electrons. The van der Waals surface area contributed by atoms with E-state index in [1.165, 1.54) is 28.9 Å². The molecule has 0 amide bonds. The van der Waals surface area contributed by atoms with Crippen molar-refractivity contribution in [1.82, 2.24) is 15.0 Å². The molecular weight excluding hydrogens is 559 g/mol. The average Bonchev–Trinajstić information content (AvgIpc) is 3.33. The van der Waals surface area contributed by atoms with Gasteiger partial charge in [0.25, 0.3) is 0 Å². The van der Waals surface area contributed by atoms with E-state index < -0.39 is 17.5 Å². The molecule has 1 atom stereocenters. The van der Waals surface area contributed by atoms with Crippen molar-refractivity contribution in [2.75, 3.05) is 11.6 Å². The van der Waals surface area contributed by atoms with E-state index in [0.717, 1.165) is 33.1 Å². The SMILES string of the molecule is C=[N+](NC(=S)Nc1c(C)cccc1[S+](C)[O-])c1ccc2c(ccc3c2ncn3-c2ccc(OC(F)(F)F)cc2)c1. The summed E-state index contributed by atoms with van der Waals surface area (Å²) < 4.78 is 56.9. The Labute approximate surface area is 236 Å². The van der Waals surface area contributed by atoms with Gasteiger partial charge < -0.3 is 14.6 Å². The quantitative estimate of drug-likeness (QED) is 0.0797. The number of thiocarbonyl (C=S) groups is 1. The summed E-state index contributed by atoms with van der Waals surface area (Å²) in [6, 6.07) is 20.7. The third-order valence-electron chi connectivity index (χ3n) is 6.19. The van der Waals surface area contributed by atoms with E-state index >= 15 is 0 Å². The van der Waals surface area contributed by atoms with Gasteiger partial charge in [-0.2, -0.15) is 0 Å². The molecular formula is C28H23F3N5O2S2+. The molecule has 0 bridgehead atoms. The Kier molecular flexibility index (Phi) is 7.41. The second kappa shape index (κ2) is 10.8. The van der Waals surface area contributed by atoms with E-state index in [9.17, 15) is 17.7 Å². The zero-order chi connectivity index (χ0) is 28.6. The number of hydrazine groups is 1. The lowest BCUT2D eigenvalue weighted by Gasteiger charge is -2.15. The number of hydrogen-bond acceptors (Lipinski definition) is 4. The second-order valence-electron chi connectivity index (χ2n) is 8.89. The van der Waals surface area contributed by atoms with Crippen LogP contribution in [0.1, 0.15) is 5.56 Å². The normalized spacial score (nSPS) is 12.3. The Morgan fingerprint density at radius 2 is 1.85 bits per heavy atom. The van der Waals surface area contributed by atoms with Gasteiger partial charge >= 0.3 is 6.36 Å². The zero-order valence-corrected chi connectivity index (χ0v) is 23.0. The molecule has 0 aliphatic carbocycles. The summed E-state index contributed by atoms with van der Waals surface area (Å²) in [5, 5.41) is 5.21. The first-order chi connectivity index (χ1) is 19.0. The van der Waals surface area contributed by atoms with Crippen LogP contribution in [0.4, 0.5) is 24.5 Å². The predicted molar refractivity (Wildman–Crippen MR) is 155 cm³/mol. The molecule has 0 aliphatic rings. The molecule has 4 aromatic carbocycles. The molecule has 1 unspecified atom stereocenters. The number of alkyl halides is 3. The van der Waals surface area contributed by atoms with Crippen LogP contribution in [-0.2, 0) is 11.2 Å². The third kappa shape index (κ3) is 5.74. The number of anilines is 1. The predicted octanol–water partition coefficient (Wildman–Crippen LogP) is 6.37. The molecule has 0 aliphatic heterocycles. The highest BCUT2D eigenvalue weighted by Crippen LogP contribution is 2.30. The van der Waals surface area contributed by atoms with Gasteiger partial charge in [0.1, 0.15) is 18.3 Å². The maximum Gasteiger partial charge on any atom is 0.573 e. The number of fused-ring (bicyclic) bond motifs is 3. The zero-order valence-electron chi connectivity index (χ0n) is 21.3. The van der Waals surface area contributed by atoms with Crippen LogP contribution in [0.3, 0.4) is 0 Å². The first-order valence-electron chi connectivity index (χ1n) is 11.9. The fourth-order valence-electron chi connectivity index (χ4n) is 4.35. The van der Waals surface area contributed by atoms with Crippen LogP contribution in [0, 0.1) is 6.92 Å². The summed E-state index contributed by atoms with van der Waals surface area (Å²) in [5.74, 6) is -0.292. The topological polar surface area (TPSA) is 77.2 Å². The van der Waals surface area contributed by atoms with E-state index in [1.54, 1.807) is 23.2 Å². The Morgan fingerprint density at radius 3 is 2.55 bits per heavy atom. The van der Waals surface area contributed by atoms with E-state index in [1.807, 2.05) is 49.4 Å². The van der Waals surface area contributed by atoms with Crippen LogP contribution < -0.4 is 15.5 Å². The van der Waals surface area contributed by atoms with Crippen molar-refractivity contribution in [2.45, 2.75) is 18.2 Å². The largest absolute Gasteiger partial charge is 0.612 e. The number of rotatable bonds is 6. The van der Waals surface area contributed by atoms with Gasteiger partial charge in [-0.1, -0.05) is 22.9 Å². The number of imidazole rings is 1. The van der Waals surface area contributed by atoms with Crippen LogP contribution in [0.2, 0.25) is 0 Å². The molecule has 0 fully saturated rings. The van der Waals surface area contributed by atoms with E-state index in [4.69, 9.17) is 12.2 Å². The Bertz CT molecular complexity index is 1750. The van der Waals surface area contributed by atoms with E-state index in [-0.39, 0.29) is 10.9 Å². The Balaban J connectivity index is 1.36. The summed E-state index contributed by atoms with van der Waals surface area (Å²) in [6.07, 6.45) is -1.51. The molecule has 204 valence electrons. The fourth-order valence-corrected chi connectivity index (χ4v) is 5.33. The number of nitrogens with one attached hydrogen (secondary N) is 2. The number of benzene rings is 4. The van der Waals surface area contributed by atoms with E-state index in [0.29, 0.717) is 16.3 Å². The highest BCUT2D eigenvalue weighted by Gasteiger charge is 2.31. The molecule has 0 spiro atoms. The van der Waals surface area contributed by atoms with Crippen molar-refractivity contribution in [1.29, 1.82) is 0 Å². The average molecular weight is 583 g/mol. The van der Waals surface area contributed by atoms with Gasteiger partial charge in [0.15, 0.2) is 11.6 Å². The maximum absolute atomic E-state index is 12.5. The molecule has 0 saturated heterocycles. The lowest BCUT2D eigenvalue weighted by molar-refractivity contribution is -0.477. The third-order valence-corrected chi connectivity index (χ3v) is 7.35. The standard InChI is InChI=1S/C28H22F3N5O2S2/c1-17-5-4-6-24(40(3)37)25(17)33-27(39)34-35(2)20-10-13-22-18(15-20)7-14-23-26(22)32-16-36(23)19-8-11-21(12-9-19)38-28(29,30)31/h4-16H,2H2,1,3H3,(H-,33,34,39)/p+1. The summed E-state index contributed by atoms with van der Waals surface area (Å²) in [4.78, 5) is 5.21. The number of nitrogens with zero attached hydrogens (tertiary/aromatic N) is 3. The number of halogens is 3.